The summed E-state index contributed by atoms with van der Waals surface area (Å²) in [5.74, 6) is 0.298. The lowest BCUT2D eigenvalue weighted by Crippen LogP contribution is -2.43. The summed E-state index contributed by atoms with van der Waals surface area (Å²) >= 11 is 5.77. The largest absolute Gasteiger partial charge is 0.380 e. The predicted molar refractivity (Wildman–Crippen MR) is 106 cm³/mol. The molecule has 2 heterocycles. The van der Waals surface area contributed by atoms with Crippen LogP contribution in [-0.4, -0.2) is 54.5 Å². The minimum atomic E-state index is -0.255. The molecule has 0 spiro atoms. The summed E-state index contributed by atoms with van der Waals surface area (Å²) in [6.45, 7) is 1.44. The van der Waals surface area contributed by atoms with Crippen LogP contribution in [0.15, 0.2) is 18.3 Å². The first-order chi connectivity index (χ1) is 11.5. The fourth-order valence-corrected chi connectivity index (χ4v) is 2.77. The van der Waals surface area contributed by atoms with Crippen molar-refractivity contribution in [1.82, 2.24) is 9.88 Å². The van der Waals surface area contributed by atoms with Gasteiger partial charge < -0.3 is 20.7 Å². The SMILES string of the molecule is COC(CN)CC(=O)N1CCC(C(=O)Nc2ccc(Cl)cn2)CC1.Cl.Cl. The Morgan fingerprint density at radius 3 is 2.54 bits per heavy atom. The Balaban J connectivity index is 0.00000312. The van der Waals surface area contributed by atoms with Gasteiger partial charge in [-0.1, -0.05) is 11.6 Å². The highest BCUT2D eigenvalue weighted by Gasteiger charge is 2.28. The van der Waals surface area contributed by atoms with E-state index >= 15 is 0 Å². The number of methoxy groups -OCH3 is 1. The van der Waals surface area contributed by atoms with Crippen LogP contribution in [0.25, 0.3) is 0 Å². The number of hydrogen-bond acceptors (Lipinski definition) is 5. The topological polar surface area (TPSA) is 97.5 Å². The minimum Gasteiger partial charge on any atom is -0.380 e. The van der Waals surface area contributed by atoms with E-state index < -0.39 is 0 Å². The van der Waals surface area contributed by atoms with Crippen molar-refractivity contribution in [3.8, 4) is 0 Å². The van der Waals surface area contributed by atoms with E-state index in [1.54, 1.807) is 24.1 Å². The fraction of sp³-hybridized carbons (Fsp3) is 0.562. The van der Waals surface area contributed by atoms with Crippen LogP contribution in [0.4, 0.5) is 5.82 Å². The zero-order valence-electron chi connectivity index (χ0n) is 14.5. The highest BCUT2D eigenvalue weighted by Crippen LogP contribution is 2.20. The normalized spacial score (nSPS) is 15.4. The number of carbonyl (C=O) groups is 2. The maximum atomic E-state index is 12.3. The molecule has 0 saturated carbocycles. The van der Waals surface area contributed by atoms with Gasteiger partial charge >= 0.3 is 0 Å². The molecule has 1 aromatic rings. The summed E-state index contributed by atoms with van der Waals surface area (Å²) in [6, 6.07) is 3.34. The van der Waals surface area contributed by atoms with E-state index in [1.807, 2.05) is 0 Å². The Morgan fingerprint density at radius 1 is 1.38 bits per heavy atom. The molecule has 1 aliphatic heterocycles. The smallest absolute Gasteiger partial charge is 0.228 e. The number of anilines is 1. The molecule has 1 aromatic heterocycles. The van der Waals surface area contributed by atoms with Crippen molar-refractivity contribution in [1.29, 1.82) is 0 Å². The molecule has 1 saturated heterocycles. The third-order valence-corrected chi connectivity index (χ3v) is 4.42. The molecule has 1 unspecified atom stereocenters. The van der Waals surface area contributed by atoms with Crippen molar-refractivity contribution in [2.75, 3.05) is 32.1 Å². The van der Waals surface area contributed by atoms with Crippen LogP contribution in [-0.2, 0) is 14.3 Å². The lowest BCUT2D eigenvalue weighted by Gasteiger charge is -2.32. The molecule has 0 radical (unpaired) electrons. The number of carbonyl (C=O) groups excluding carboxylic acids is 2. The van der Waals surface area contributed by atoms with Crippen LogP contribution in [0.2, 0.25) is 5.02 Å². The fourth-order valence-electron chi connectivity index (χ4n) is 2.66. The monoisotopic (exact) mass is 426 g/mol. The number of aromatic nitrogens is 1. The van der Waals surface area contributed by atoms with Crippen LogP contribution in [0.3, 0.4) is 0 Å². The Morgan fingerprint density at radius 2 is 2.04 bits per heavy atom. The number of hydrogen-bond donors (Lipinski definition) is 2. The summed E-state index contributed by atoms with van der Waals surface area (Å²) in [5, 5.41) is 3.30. The number of ether oxygens (including phenoxy) is 1. The summed E-state index contributed by atoms with van der Waals surface area (Å²) in [4.78, 5) is 30.3. The second kappa shape index (κ2) is 12.3. The van der Waals surface area contributed by atoms with Crippen molar-refractivity contribution in [3.05, 3.63) is 23.4 Å². The molecule has 10 heteroatoms. The minimum absolute atomic E-state index is 0. The van der Waals surface area contributed by atoms with Crippen molar-refractivity contribution in [2.45, 2.75) is 25.4 Å². The van der Waals surface area contributed by atoms with Gasteiger partial charge in [0.25, 0.3) is 0 Å². The summed E-state index contributed by atoms with van der Waals surface area (Å²) in [5.41, 5.74) is 5.54. The second-order valence-electron chi connectivity index (χ2n) is 5.80. The maximum absolute atomic E-state index is 12.3. The van der Waals surface area contributed by atoms with E-state index in [4.69, 9.17) is 22.1 Å². The van der Waals surface area contributed by atoms with Crippen molar-refractivity contribution in [3.63, 3.8) is 0 Å². The lowest BCUT2D eigenvalue weighted by molar-refractivity contribution is -0.136. The van der Waals surface area contributed by atoms with Crippen LogP contribution in [0.5, 0.6) is 0 Å². The standard InChI is InChI=1S/C16H23ClN4O3.2ClH/c1-24-13(9-18)8-15(22)21-6-4-11(5-7-21)16(23)20-14-3-2-12(17)10-19-14;;/h2-3,10-11,13H,4-9,18H2,1H3,(H,19,20,23);2*1H. The average Bonchev–Trinajstić information content (AvgIpc) is 2.61. The van der Waals surface area contributed by atoms with Gasteiger partial charge in [0, 0.05) is 38.9 Å². The second-order valence-corrected chi connectivity index (χ2v) is 6.24. The van der Waals surface area contributed by atoms with Gasteiger partial charge in [0.2, 0.25) is 11.8 Å². The Kier molecular flexibility index (Phi) is 11.8. The molecule has 1 aliphatic rings. The quantitative estimate of drug-likeness (QED) is 0.724. The predicted octanol–water partition coefficient (Wildman–Crippen LogP) is 2.12. The van der Waals surface area contributed by atoms with Gasteiger partial charge in [0.15, 0.2) is 0 Å². The summed E-state index contributed by atoms with van der Waals surface area (Å²) in [6.07, 6.45) is 2.77. The number of rotatable bonds is 6. The molecule has 3 N–H and O–H groups in total. The van der Waals surface area contributed by atoms with Gasteiger partial charge in [-0.25, -0.2) is 4.98 Å². The van der Waals surface area contributed by atoms with E-state index in [1.165, 1.54) is 6.20 Å². The Bertz CT molecular complexity index is 562. The van der Waals surface area contributed by atoms with Crippen molar-refractivity contribution in [2.24, 2.45) is 11.7 Å². The average molecular weight is 428 g/mol. The highest BCUT2D eigenvalue weighted by atomic mass is 35.5. The Hall–Kier alpha value is -1.12. The number of nitrogens with zero attached hydrogens (tertiary/aromatic N) is 2. The number of nitrogens with two attached hydrogens (primary N) is 1. The molecule has 2 rings (SSSR count). The Labute approximate surface area is 170 Å². The van der Waals surface area contributed by atoms with E-state index in [0.717, 1.165) is 0 Å². The first-order valence-corrected chi connectivity index (χ1v) is 8.34. The van der Waals surface area contributed by atoms with E-state index in [2.05, 4.69) is 10.3 Å². The zero-order valence-corrected chi connectivity index (χ0v) is 16.9. The molecule has 1 fully saturated rings. The zero-order chi connectivity index (χ0) is 17.5. The van der Waals surface area contributed by atoms with Crippen LogP contribution in [0.1, 0.15) is 19.3 Å². The summed E-state index contributed by atoms with van der Waals surface area (Å²) < 4.78 is 5.14. The van der Waals surface area contributed by atoms with Gasteiger partial charge in [-0.15, -0.1) is 24.8 Å². The van der Waals surface area contributed by atoms with Gasteiger partial charge in [-0.05, 0) is 25.0 Å². The molecule has 2 amide bonds. The lowest BCUT2D eigenvalue weighted by atomic mass is 9.95. The molecule has 0 aliphatic carbocycles. The van der Waals surface area contributed by atoms with Gasteiger partial charge in [-0.3, -0.25) is 9.59 Å². The number of likely N-dealkylation sites (tertiary alicyclic amines) is 1. The molecule has 1 atom stereocenters. The third kappa shape index (κ3) is 7.25. The number of amides is 2. The third-order valence-electron chi connectivity index (χ3n) is 4.20. The van der Waals surface area contributed by atoms with Crippen molar-refractivity contribution >= 4 is 54.0 Å². The van der Waals surface area contributed by atoms with E-state index in [-0.39, 0.29) is 55.1 Å². The van der Waals surface area contributed by atoms with E-state index in [0.29, 0.717) is 43.3 Å². The molecule has 7 nitrogen and oxygen atoms in total. The number of nitrogens with one attached hydrogen (secondary N) is 1. The molecule has 26 heavy (non-hydrogen) atoms. The van der Waals surface area contributed by atoms with Gasteiger partial charge in [-0.2, -0.15) is 0 Å². The first-order valence-electron chi connectivity index (χ1n) is 7.96. The first kappa shape index (κ1) is 24.9. The molecule has 0 bridgehead atoms. The number of piperidine rings is 1. The van der Waals surface area contributed by atoms with Gasteiger partial charge in [0.05, 0.1) is 17.5 Å². The molecular formula is C16H25Cl3N4O3. The molecule has 148 valence electrons. The molecular weight excluding hydrogens is 403 g/mol. The highest BCUT2D eigenvalue weighted by molar-refractivity contribution is 6.30. The number of pyridine rings is 1. The van der Waals surface area contributed by atoms with E-state index in [9.17, 15) is 9.59 Å². The van der Waals surface area contributed by atoms with Gasteiger partial charge in [0.1, 0.15) is 5.82 Å². The van der Waals surface area contributed by atoms with Crippen molar-refractivity contribution < 1.29 is 14.3 Å². The number of halogens is 3. The van der Waals surface area contributed by atoms with Crippen LogP contribution < -0.4 is 11.1 Å². The summed E-state index contributed by atoms with van der Waals surface area (Å²) in [7, 11) is 1.55. The van der Waals surface area contributed by atoms with Crippen LogP contribution in [0, 0.1) is 5.92 Å². The maximum Gasteiger partial charge on any atom is 0.228 e. The van der Waals surface area contributed by atoms with Crippen LogP contribution >= 0.6 is 36.4 Å². The molecule has 0 aromatic carbocycles.